The van der Waals surface area contributed by atoms with Crippen LogP contribution in [0.15, 0.2) is 42.5 Å². The molecule has 0 bridgehead atoms. The summed E-state index contributed by atoms with van der Waals surface area (Å²) in [7, 11) is 0. The number of benzene rings is 2. The summed E-state index contributed by atoms with van der Waals surface area (Å²) >= 11 is 0. The first-order valence-electron chi connectivity index (χ1n) is 9.13. The van der Waals surface area contributed by atoms with Gasteiger partial charge in [0.05, 0.1) is 5.56 Å². The van der Waals surface area contributed by atoms with Crippen molar-refractivity contribution in [2.24, 2.45) is 0 Å². The van der Waals surface area contributed by atoms with Crippen molar-refractivity contribution < 1.29 is 24.5 Å². The van der Waals surface area contributed by atoms with Gasteiger partial charge in [-0.3, -0.25) is 0 Å². The second-order valence-corrected chi connectivity index (χ2v) is 6.83. The Labute approximate surface area is 163 Å². The van der Waals surface area contributed by atoms with Crippen molar-refractivity contribution in [3.8, 4) is 5.75 Å². The second-order valence-electron chi connectivity index (χ2n) is 6.83. The average Bonchev–Trinajstić information content (AvgIpc) is 2.90. The predicted molar refractivity (Wildman–Crippen MR) is 106 cm³/mol. The third kappa shape index (κ3) is 3.71. The molecule has 0 aliphatic rings. The van der Waals surface area contributed by atoms with Gasteiger partial charge < -0.3 is 19.5 Å². The number of carboxylic acids is 2. The Bertz CT molecular complexity index is 1050. The molecule has 3 aromatic rings. The lowest BCUT2D eigenvalue weighted by Gasteiger charge is -2.15. The average molecular weight is 381 g/mol. The number of rotatable bonds is 7. The van der Waals surface area contributed by atoms with Gasteiger partial charge in [0.15, 0.2) is 6.10 Å². The first-order chi connectivity index (χ1) is 13.3. The first-order valence-corrected chi connectivity index (χ1v) is 9.13. The maximum atomic E-state index is 11.3. The molecule has 0 saturated heterocycles. The third-order valence-electron chi connectivity index (χ3n) is 5.05. The van der Waals surface area contributed by atoms with Crippen LogP contribution in [0.1, 0.15) is 40.5 Å². The van der Waals surface area contributed by atoms with Crippen molar-refractivity contribution in [2.45, 2.75) is 39.8 Å². The molecule has 0 radical (unpaired) electrons. The zero-order valence-electron chi connectivity index (χ0n) is 16.1. The molecule has 0 unspecified atom stereocenters. The van der Waals surface area contributed by atoms with Crippen LogP contribution in [0.25, 0.3) is 10.9 Å². The lowest BCUT2D eigenvalue weighted by atomic mass is 10.1. The molecular weight excluding hydrogens is 358 g/mol. The maximum Gasteiger partial charge on any atom is 0.344 e. The van der Waals surface area contributed by atoms with Gasteiger partial charge in [0.25, 0.3) is 0 Å². The van der Waals surface area contributed by atoms with E-state index >= 15 is 0 Å². The largest absolute Gasteiger partial charge is 0.479 e. The molecule has 2 aromatic carbocycles. The van der Waals surface area contributed by atoms with Gasteiger partial charge in [-0.05, 0) is 61.7 Å². The highest BCUT2D eigenvalue weighted by Crippen LogP contribution is 2.28. The van der Waals surface area contributed by atoms with Crippen LogP contribution in [0.4, 0.5) is 0 Å². The molecule has 2 N–H and O–H groups in total. The SMILES string of the molecule is CC[C@H](Oc1cccc(Cn2c(C)c(C)c3cc(C(=O)O)ccc32)c1)C(=O)O. The summed E-state index contributed by atoms with van der Waals surface area (Å²) < 4.78 is 7.72. The van der Waals surface area contributed by atoms with E-state index in [-0.39, 0.29) is 5.56 Å². The van der Waals surface area contributed by atoms with Crippen molar-refractivity contribution in [3.63, 3.8) is 0 Å². The van der Waals surface area contributed by atoms with E-state index in [9.17, 15) is 19.8 Å². The highest BCUT2D eigenvalue weighted by molar-refractivity contribution is 5.95. The number of aromatic carboxylic acids is 1. The van der Waals surface area contributed by atoms with Crippen molar-refractivity contribution >= 4 is 22.8 Å². The molecule has 0 amide bonds. The molecule has 0 aliphatic heterocycles. The second kappa shape index (κ2) is 7.76. The normalized spacial score (nSPS) is 12.1. The third-order valence-corrected chi connectivity index (χ3v) is 5.05. The molecule has 28 heavy (non-hydrogen) atoms. The van der Waals surface area contributed by atoms with Crippen LogP contribution < -0.4 is 4.74 Å². The van der Waals surface area contributed by atoms with E-state index in [0.717, 1.165) is 27.7 Å². The van der Waals surface area contributed by atoms with Crippen molar-refractivity contribution in [1.29, 1.82) is 0 Å². The Hall–Kier alpha value is -3.28. The lowest BCUT2D eigenvalue weighted by Crippen LogP contribution is -2.25. The van der Waals surface area contributed by atoms with Crippen LogP contribution in [-0.4, -0.2) is 32.8 Å². The molecule has 0 spiro atoms. The maximum absolute atomic E-state index is 11.3. The van der Waals surface area contributed by atoms with Gasteiger partial charge in [0.2, 0.25) is 0 Å². The summed E-state index contributed by atoms with van der Waals surface area (Å²) in [6.07, 6.45) is -0.493. The minimum Gasteiger partial charge on any atom is -0.479 e. The van der Waals surface area contributed by atoms with Crippen molar-refractivity contribution in [3.05, 3.63) is 64.8 Å². The number of hydrogen-bond donors (Lipinski definition) is 2. The van der Waals surface area contributed by atoms with E-state index in [1.807, 2.05) is 38.1 Å². The van der Waals surface area contributed by atoms with E-state index in [1.54, 1.807) is 25.1 Å². The molecular formula is C22H23NO5. The minimum absolute atomic E-state index is 0.266. The van der Waals surface area contributed by atoms with E-state index in [2.05, 4.69) is 4.57 Å². The van der Waals surface area contributed by atoms with Crippen LogP contribution in [0.2, 0.25) is 0 Å². The zero-order chi connectivity index (χ0) is 20.4. The molecule has 1 aromatic heterocycles. The zero-order valence-corrected chi connectivity index (χ0v) is 16.1. The number of ether oxygens (including phenoxy) is 1. The smallest absolute Gasteiger partial charge is 0.344 e. The highest BCUT2D eigenvalue weighted by atomic mass is 16.5. The fourth-order valence-corrected chi connectivity index (χ4v) is 3.36. The number of aromatic nitrogens is 1. The number of hydrogen-bond acceptors (Lipinski definition) is 3. The molecule has 1 atom stereocenters. The molecule has 146 valence electrons. The van der Waals surface area contributed by atoms with Gasteiger partial charge in [-0.25, -0.2) is 9.59 Å². The molecule has 0 fully saturated rings. The minimum atomic E-state index is -0.981. The fourth-order valence-electron chi connectivity index (χ4n) is 3.36. The molecule has 3 rings (SSSR count). The first kappa shape index (κ1) is 19.5. The number of aliphatic carboxylic acids is 1. The summed E-state index contributed by atoms with van der Waals surface area (Å²) in [5, 5.41) is 19.4. The van der Waals surface area contributed by atoms with Crippen molar-refractivity contribution in [1.82, 2.24) is 4.57 Å². The number of fused-ring (bicyclic) bond motifs is 1. The monoisotopic (exact) mass is 381 g/mol. The summed E-state index contributed by atoms with van der Waals surface area (Å²) in [6, 6.07) is 12.5. The fraction of sp³-hybridized carbons (Fsp3) is 0.273. The van der Waals surface area contributed by atoms with E-state index in [1.165, 1.54) is 0 Å². The summed E-state index contributed by atoms with van der Waals surface area (Å²) in [5.41, 5.74) is 4.30. The van der Waals surface area contributed by atoms with E-state index in [4.69, 9.17) is 4.74 Å². The molecule has 1 heterocycles. The molecule has 0 aliphatic carbocycles. The van der Waals surface area contributed by atoms with Gasteiger partial charge >= 0.3 is 11.9 Å². The quantitative estimate of drug-likeness (QED) is 0.639. The van der Waals surface area contributed by atoms with Gasteiger partial charge in [0, 0.05) is 23.1 Å². The Balaban J connectivity index is 1.95. The molecule has 6 nitrogen and oxygen atoms in total. The highest BCUT2D eigenvalue weighted by Gasteiger charge is 2.17. The molecule has 0 saturated carbocycles. The Morgan fingerprint density at radius 3 is 2.50 bits per heavy atom. The van der Waals surface area contributed by atoms with Crippen LogP contribution in [-0.2, 0) is 11.3 Å². The van der Waals surface area contributed by atoms with Crippen LogP contribution in [0.3, 0.4) is 0 Å². The Morgan fingerprint density at radius 2 is 1.86 bits per heavy atom. The summed E-state index contributed by atoms with van der Waals surface area (Å²) in [4.78, 5) is 22.5. The van der Waals surface area contributed by atoms with E-state index in [0.29, 0.717) is 18.7 Å². The topological polar surface area (TPSA) is 88.8 Å². The number of aryl methyl sites for hydroxylation is 1. The van der Waals surface area contributed by atoms with Crippen LogP contribution in [0, 0.1) is 13.8 Å². The van der Waals surface area contributed by atoms with Gasteiger partial charge in [-0.15, -0.1) is 0 Å². The summed E-state index contributed by atoms with van der Waals surface area (Å²) in [6.45, 7) is 6.33. The Morgan fingerprint density at radius 1 is 1.11 bits per heavy atom. The van der Waals surface area contributed by atoms with Gasteiger partial charge in [0.1, 0.15) is 5.75 Å². The van der Waals surface area contributed by atoms with Gasteiger partial charge in [-0.2, -0.15) is 0 Å². The van der Waals surface area contributed by atoms with Crippen molar-refractivity contribution in [2.75, 3.05) is 0 Å². The standard InChI is InChI=1S/C22H23NO5/c1-4-20(22(26)27)28-17-7-5-6-15(10-17)12-23-14(3)13(2)18-11-16(21(24)25)8-9-19(18)23/h5-11,20H,4,12H2,1-3H3,(H,24,25)(H,26,27)/t20-/m0/s1. The van der Waals surface area contributed by atoms with Gasteiger partial charge in [-0.1, -0.05) is 19.1 Å². The number of nitrogens with zero attached hydrogens (tertiary/aromatic N) is 1. The number of carbonyl (C=O) groups is 2. The molecule has 6 heteroatoms. The van der Waals surface area contributed by atoms with Crippen LogP contribution >= 0.6 is 0 Å². The number of carboxylic acid groups (broad SMARTS) is 2. The lowest BCUT2D eigenvalue weighted by molar-refractivity contribution is -0.145. The van der Waals surface area contributed by atoms with Crippen LogP contribution in [0.5, 0.6) is 5.75 Å². The predicted octanol–water partition coefficient (Wildman–Crippen LogP) is 4.25. The van der Waals surface area contributed by atoms with E-state index < -0.39 is 18.0 Å². The summed E-state index contributed by atoms with van der Waals surface area (Å²) in [5.74, 6) is -1.41. The Kier molecular flexibility index (Phi) is 5.40.